The first-order valence-corrected chi connectivity index (χ1v) is 8.92. The van der Waals surface area contributed by atoms with E-state index >= 15 is 0 Å². The van der Waals surface area contributed by atoms with E-state index in [4.69, 9.17) is 4.74 Å². The highest BCUT2D eigenvalue weighted by atomic mass is 16.5. The first kappa shape index (κ1) is 17.2. The van der Waals surface area contributed by atoms with E-state index in [9.17, 15) is 0 Å². The van der Waals surface area contributed by atoms with Crippen molar-refractivity contribution in [3.63, 3.8) is 0 Å². The second-order valence-corrected chi connectivity index (χ2v) is 8.46. The van der Waals surface area contributed by atoms with Crippen molar-refractivity contribution >= 4 is 0 Å². The van der Waals surface area contributed by atoms with Gasteiger partial charge in [-0.15, -0.1) is 0 Å². The molecule has 2 rings (SSSR count). The molecule has 0 saturated carbocycles. The molecule has 4 unspecified atom stereocenters. The van der Waals surface area contributed by atoms with E-state index in [1.54, 1.807) is 0 Å². The van der Waals surface area contributed by atoms with E-state index in [1.807, 2.05) is 0 Å². The number of hydrogen-bond donors (Lipinski definition) is 1. The molecule has 2 aliphatic rings. The van der Waals surface area contributed by atoms with Crippen LogP contribution in [0.2, 0.25) is 0 Å². The SMILES string of the molecule is CCC1OCCC1CN1CC(C(C)(C)C)NCC1C(C)C. The van der Waals surface area contributed by atoms with Crippen LogP contribution in [0.15, 0.2) is 0 Å². The van der Waals surface area contributed by atoms with Crippen LogP contribution in [0.5, 0.6) is 0 Å². The van der Waals surface area contributed by atoms with Crippen molar-refractivity contribution in [2.45, 2.75) is 72.6 Å². The Morgan fingerprint density at radius 1 is 1.29 bits per heavy atom. The lowest BCUT2D eigenvalue weighted by molar-refractivity contribution is 0.0291. The predicted octanol–water partition coefficient (Wildman–Crippen LogP) is 3.15. The number of hydrogen-bond acceptors (Lipinski definition) is 3. The summed E-state index contributed by atoms with van der Waals surface area (Å²) in [5, 5.41) is 3.80. The number of rotatable bonds is 4. The minimum Gasteiger partial charge on any atom is -0.378 e. The van der Waals surface area contributed by atoms with Gasteiger partial charge in [-0.1, -0.05) is 41.5 Å². The summed E-state index contributed by atoms with van der Waals surface area (Å²) in [6, 6.07) is 1.26. The number of ether oxygens (including phenoxy) is 1. The summed E-state index contributed by atoms with van der Waals surface area (Å²) in [5.41, 5.74) is 0.330. The zero-order valence-electron chi connectivity index (χ0n) is 15.0. The van der Waals surface area contributed by atoms with Crippen LogP contribution in [0.3, 0.4) is 0 Å². The van der Waals surface area contributed by atoms with Gasteiger partial charge < -0.3 is 10.1 Å². The van der Waals surface area contributed by atoms with Crippen molar-refractivity contribution < 1.29 is 4.74 Å². The number of piperazine rings is 1. The lowest BCUT2D eigenvalue weighted by Gasteiger charge is -2.47. The minimum atomic E-state index is 0.330. The van der Waals surface area contributed by atoms with Gasteiger partial charge in [0.25, 0.3) is 0 Å². The average Bonchev–Trinajstić information content (AvgIpc) is 2.84. The Kier molecular flexibility index (Phi) is 5.72. The monoisotopic (exact) mass is 296 g/mol. The van der Waals surface area contributed by atoms with Crippen LogP contribution < -0.4 is 5.32 Å². The quantitative estimate of drug-likeness (QED) is 0.862. The van der Waals surface area contributed by atoms with Gasteiger partial charge in [-0.05, 0) is 30.1 Å². The highest BCUT2D eigenvalue weighted by Gasteiger charge is 2.38. The van der Waals surface area contributed by atoms with Crippen molar-refractivity contribution in [1.29, 1.82) is 0 Å². The van der Waals surface area contributed by atoms with Crippen LogP contribution in [-0.2, 0) is 4.74 Å². The molecule has 2 aliphatic heterocycles. The molecule has 0 radical (unpaired) electrons. The van der Waals surface area contributed by atoms with E-state index in [2.05, 4.69) is 51.8 Å². The smallest absolute Gasteiger partial charge is 0.0613 e. The summed E-state index contributed by atoms with van der Waals surface area (Å²) in [5.74, 6) is 1.44. The zero-order chi connectivity index (χ0) is 15.6. The fourth-order valence-electron chi connectivity index (χ4n) is 3.93. The molecule has 2 saturated heterocycles. The van der Waals surface area contributed by atoms with Crippen LogP contribution in [-0.4, -0.2) is 49.3 Å². The third-order valence-electron chi connectivity index (χ3n) is 5.49. The molecule has 3 nitrogen and oxygen atoms in total. The van der Waals surface area contributed by atoms with Gasteiger partial charge in [0.2, 0.25) is 0 Å². The molecule has 1 N–H and O–H groups in total. The molecular weight excluding hydrogens is 260 g/mol. The topological polar surface area (TPSA) is 24.5 Å². The van der Waals surface area contributed by atoms with Crippen molar-refractivity contribution in [2.24, 2.45) is 17.3 Å². The summed E-state index contributed by atoms with van der Waals surface area (Å²) < 4.78 is 5.90. The lowest BCUT2D eigenvalue weighted by atomic mass is 9.83. The molecule has 0 spiro atoms. The van der Waals surface area contributed by atoms with Gasteiger partial charge in [0.1, 0.15) is 0 Å². The van der Waals surface area contributed by atoms with Crippen LogP contribution >= 0.6 is 0 Å². The first-order valence-electron chi connectivity index (χ1n) is 8.92. The number of nitrogens with zero attached hydrogens (tertiary/aromatic N) is 1. The van der Waals surface area contributed by atoms with Crippen LogP contribution in [0, 0.1) is 17.3 Å². The molecule has 0 aromatic rings. The zero-order valence-corrected chi connectivity index (χ0v) is 15.0. The van der Waals surface area contributed by atoms with Gasteiger partial charge in [-0.3, -0.25) is 4.90 Å². The highest BCUT2D eigenvalue weighted by Crippen LogP contribution is 2.29. The van der Waals surface area contributed by atoms with E-state index in [1.165, 1.54) is 19.5 Å². The molecule has 0 bridgehead atoms. The van der Waals surface area contributed by atoms with Crippen LogP contribution in [0.1, 0.15) is 54.4 Å². The summed E-state index contributed by atoms with van der Waals surface area (Å²) in [4.78, 5) is 2.76. The molecular formula is C18H36N2O. The fraction of sp³-hybridized carbons (Fsp3) is 1.00. The van der Waals surface area contributed by atoms with Gasteiger partial charge in [0, 0.05) is 38.3 Å². The van der Waals surface area contributed by atoms with Crippen molar-refractivity contribution in [2.75, 3.05) is 26.2 Å². The van der Waals surface area contributed by atoms with Crippen molar-refractivity contribution in [1.82, 2.24) is 10.2 Å². The Balaban J connectivity index is 2.03. The normalized spacial score (nSPS) is 35.6. The second kappa shape index (κ2) is 6.97. The molecule has 4 atom stereocenters. The molecule has 2 fully saturated rings. The average molecular weight is 296 g/mol. The molecule has 3 heteroatoms. The van der Waals surface area contributed by atoms with E-state index in [-0.39, 0.29) is 0 Å². The van der Waals surface area contributed by atoms with Crippen molar-refractivity contribution in [3.05, 3.63) is 0 Å². The summed E-state index contributed by atoms with van der Waals surface area (Å²) in [7, 11) is 0. The van der Waals surface area contributed by atoms with Crippen molar-refractivity contribution in [3.8, 4) is 0 Å². The Morgan fingerprint density at radius 3 is 2.57 bits per heavy atom. The van der Waals surface area contributed by atoms with Gasteiger partial charge in [0.05, 0.1) is 6.10 Å². The largest absolute Gasteiger partial charge is 0.378 e. The molecule has 124 valence electrons. The Bertz CT molecular complexity index is 324. The van der Waals surface area contributed by atoms with E-state index < -0.39 is 0 Å². The van der Waals surface area contributed by atoms with Crippen LogP contribution in [0.25, 0.3) is 0 Å². The minimum absolute atomic E-state index is 0.330. The predicted molar refractivity (Wildman–Crippen MR) is 89.6 cm³/mol. The van der Waals surface area contributed by atoms with Gasteiger partial charge in [0.15, 0.2) is 0 Å². The van der Waals surface area contributed by atoms with Gasteiger partial charge in [-0.25, -0.2) is 0 Å². The molecule has 21 heavy (non-hydrogen) atoms. The van der Waals surface area contributed by atoms with Gasteiger partial charge in [-0.2, -0.15) is 0 Å². The maximum Gasteiger partial charge on any atom is 0.0613 e. The number of nitrogens with one attached hydrogen (secondary N) is 1. The summed E-state index contributed by atoms with van der Waals surface area (Å²) in [6.07, 6.45) is 2.89. The third kappa shape index (κ3) is 4.20. The van der Waals surface area contributed by atoms with E-state index in [0.29, 0.717) is 29.5 Å². The lowest BCUT2D eigenvalue weighted by Crippen LogP contribution is -2.62. The maximum atomic E-state index is 5.90. The Hall–Kier alpha value is -0.120. The van der Waals surface area contributed by atoms with Gasteiger partial charge >= 0.3 is 0 Å². The summed E-state index contributed by atoms with van der Waals surface area (Å²) in [6.45, 7) is 18.5. The fourth-order valence-corrected chi connectivity index (χ4v) is 3.93. The molecule has 0 aromatic heterocycles. The molecule has 2 heterocycles. The van der Waals surface area contributed by atoms with Crippen LogP contribution in [0.4, 0.5) is 0 Å². The summed E-state index contributed by atoms with van der Waals surface area (Å²) >= 11 is 0. The third-order valence-corrected chi connectivity index (χ3v) is 5.49. The standard InChI is InChI=1S/C18H36N2O/c1-7-16-14(8-9-21-16)11-20-12-17(18(4,5)6)19-10-15(20)13(2)3/h13-17,19H,7-12H2,1-6H3. The second-order valence-electron chi connectivity index (χ2n) is 8.46. The molecule has 0 aromatic carbocycles. The maximum absolute atomic E-state index is 5.90. The van der Waals surface area contributed by atoms with E-state index in [0.717, 1.165) is 25.5 Å². The Labute approximate surface area is 131 Å². The highest BCUT2D eigenvalue weighted by molar-refractivity contribution is 4.94. The first-order chi connectivity index (χ1) is 9.82. The molecule has 0 amide bonds. The molecule has 0 aliphatic carbocycles. The Morgan fingerprint density at radius 2 is 2.00 bits per heavy atom.